The SMILES string of the molecule is CCC(CC)NCC1CCOCO1. The van der Waals surface area contributed by atoms with Crippen LogP contribution in [0.3, 0.4) is 0 Å². The highest BCUT2D eigenvalue weighted by atomic mass is 16.7. The maximum Gasteiger partial charge on any atom is 0.147 e. The topological polar surface area (TPSA) is 30.5 Å². The molecule has 3 heteroatoms. The highest BCUT2D eigenvalue weighted by Crippen LogP contribution is 2.05. The van der Waals surface area contributed by atoms with Crippen LogP contribution in [0.4, 0.5) is 0 Å². The fourth-order valence-electron chi connectivity index (χ4n) is 1.54. The first kappa shape index (κ1) is 11.0. The largest absolute Gasteiger partial charge is 0.355 e. The van der Waals surface area contributed by atoms with Gasteiger partial charge in [0, 0.05) is 12.6 Å². The summed E-state index contributed by atoms with van der Waals surface area (Å²) < 4.78 is 10.5. The fourth-order valence-corrected chi connectivity index (χ4v) is 1.54. The summed E-state index contributed by atoms with van der Waals surface area (Å²) in [5.74, 6) is 0. The fraction of sp³-hybridized carbons (Fsp3) is 1.00. The third kappa shape index (κ3) is 4.07. The molecule has 1 saturated heterocycles. The molecule has 1 fully saturated rings. The summed E-state index contributed by atoms with van der Waals surface area (Å²) in [7, 11) is 0. The molecule has 1 aliphatic heterocycles. The van der Waals surface area contributed by atoms with Gasteiger partial charge in [0.1, 0.15) is 6.79 Å². The van der Waals surface area contributed by atoms with Gasteiger partial charge in [0.05, 0.1) is 12.7 Å². The van der Waals surface area contributed by atoms with E-state index in [0.29, 0.717) is 18.9 Å². The van der Waals surface area contributed by atoms with Crippen molar-refractivity contribution in [3.8, 4) is 0 Å². The first-order chi connectivity index (χ1) is 6.36. The maximum absolute atomic E-state index is 5.43. The molecule has 0 spiro atoms. The molecule has 0 aromatic carbocycles. The molecule has 1 heterocycles. The minimum Gasteiger partial charge on any atom is -0.355 e. The Bertz CT molecular complexity index is 120. The van der Waals surface area contributed by atoms with Gasteiger partial charge in [-0.15, -0.1) is 0 Å². The second-order valence-electron chi connectivity index (χ2n) is 3.53. The van der Waals surface area contributed by atoms with Crippen molar-refractivity contribution in [3.05, 3.63) is 0 Å². The van der Waals surface area contributed by atoms with Gasteiger partial charge < -0.3 is 14.8 Å². The lowest BCUT2D eigenvalue weighted by atomic mass is 10.1. The van der Waals surface area contributed by atoms with E-state index in [1.807, 2.05) is 0 Å². The first-order valence-electron chi connectivity index (χ1n) is 5.29. The quantitative estimate of drug-likeness (QED) is 0.708. The van der Waals surface area contributed by atoms with Crippen LogP contribution in [0.25, 0.3) is 0 Å². The molecule has 0 bridgehead atoms. The minimum absolute atomic E-state index is 0.356. The summed E-state index contributed by atoms with van der Waals surface area (Å²) in [6, 6.07) is 0.645. The van der Waals surface area contributed by atoms with E-state index < -0.39 is 0 Å². The number of rotatable bonds is 5. The van der Waals surface area contributed by atoms with Gasteiger partial charge in [-0.1, -0.05) is 13.8 Å². The second kappa shape index (κ2) is 6.35. The van der Waals surface area contributed by atoms with Crippen LogP contribution in [0.5, 0.6) is 0 Å². The van der Waals surface area contributed by atoms with Crippen LogP contribution >= 0.6 is 0 Å². The van der Waals surface area contributed by atoms with Crippen molar-refractivity contribution in [2.24, 2.45) is 0 Å². The Hall–Kier alpha value is -0.120. The molecular weight excluding hydrogens is 166 g/mol. The first-order valence-corrected chi connectivity index (χ1v) is 5.29. The number of hydrogen-bond donors (Lipinski definition) is 1. The van der Waals surface area contributed by atoms with Crippen LogP contribution in [0.2, 0.25) is 0 Å². The van der Waals surface area contributed by atoms with E-state index >= 15 is 0 Å². The summed E-state index contributed by atoms with van der Waals surface area (Å²) in [5, 5.41) is 3.51. The Morgan fingerprint density at radius 3 is 2.69 bits per heavy atom. The van der Waals surface area contributed by atoms with E-state index in [4.69, 9.17) is 9.47 Å². The molecule has 13 heavy (non-hydrogen) atoms. The van der Waals surface area contributed by atoms with Gasteiger partial charge in [0.15, 0.2) is 0 Å². The van der Waals surface area contributed by atoms with E-state index in [2.05, 4.69) is 19.2 Å². The summed E-state index contributed by atoms with van der Waals surface area (Å²) in [4.78, 5) is 0. The Balaban J connectivity index is 2.09. The van der Waals surface area contributed by atoms with Gasteiger partial charge in [-0.25, -0.2) is 0 Å². The van der Waals surface area contributed by atoms with Gasteiger partial charge in [0.2, 0.25) is 0 Å². The van der Waals surface area contributed by atoms with Crippen LogP contribution in [0, 0.1) is 0 Å². The van der Waals surface area contributed by atoms with Crippen molar-refractivity contribution in [1.29, 1.82) is 0 Å². The lowest BCUT2D eigenvalue weighted by Crippen LogP contribution is -2.38. The van der Waals surface area contributed by atoms with Crippen molar-refractivity contribution in [1.82, 2.24) is 5.32 Å². The zero-order chi connectivity index (χ0) is 9.52. The van der Waals surface area contributed by atoms with Crippen LogP contribution in [0.1, 0.15) is 33.1 Å². The van der Waals surface area contributed by atoms with Crippen molar-refractivity contribution in [2.45, 2.75) is 45.3 Å². The Kier molecular flexibility index (Phi) is 5.35. The molecule has 1 unspecified atom stereocenters. The second-order valence-corrected chi connectivity index (χ2v) is 3.53. The van der Waals surface area contributed by atoms with Crippen molar-refractivity contribution >= 4 is 0 Å². The molecule has 78 valence electrons. The average Bonchev–Trinajstić information content (AvgIpc) is 2.21. The van der Waals surface area contributed by atoms with Crippen LogP contribution in [-0.2, 0) is 9.47 Å². The minimum atomic E-state index is 0.356. The zero-order valence-corrected chi connectivity index (χ0v) is 8.71. The van der Waals surface area contributed by atoms with E-state index in [1.165, 1.54) is 12.8 Å². The smallest absolute Gasteiger partial charge is 0.147 e. The molecule has 0 saturated carbocycles. The molecule has 0 aromatic heterocycles. The molecule has 0 aliphatic carbocycles. The van der Waals surface area contributed by atoms with E-state index in [1.54, 1.807) is 0 Å². The van der Waals surface area contributed by atoms with E-state index in [-0.39, 0.29) is 0 Å². The molecule has 1 rings (SSSR count). The lowest BCUT2D eigenvalue weighted by molar-refractivity contribution is -0.137. The van der Waals surface area contributed by atoms with Gasteiger partial charge in [0.25, 0.3) is 0 Å². The normalized spacial score (nSPS) is 23.8. The van der Waals surface area contributed by atoms with Gasteiger partial charge >= 0.3 is 0 Å². The Morgan fingerprint density at radius 2 is 2.15 bits per heavy atom. The third-order valence-electron chi connectivity index (χ3n) is 2.59. The van der Waals surface area contributed by atoms with Crippen molar-refractivity contribution in [2.75, 3.05) is 19.9 Å². The molecule has 1 atom stereocenters. The number of hydrogen-bond acceptors (Lipinski definition) is 3. The van der Waals surface area contributed by atoms with Crippen LogP contribution in [-0.4, -0.2) is 32.1 Å². The molecule has 0 radical (unpaired) electrons. The van der Waals surface area contributed by atoms with E-state index in [9.17, 15) is 0 Å². The van der Waals surface area contributed by atoms with Crippen molar-refractivity contribution < 1.29 is 9.47 Å². The van der Waals surface area contributed by atoms with E-state index in [0.717, 1.165) is 19.6 Å². The van der Waals surface area contributed by atoms with Gasteiger partial charge in [-0.2, -0.15) is 0 Å². The molecule has 1 aliphatic rings. The predicted octanol–water partition coefficient (Wildman–Crippen LogP) is 1.53. The maximum atomic E-state index is 5.43. The summed E-state index contributed by atoms with van der Waals surface area (Å²) in [5.41, 5.74) is 0. The number of nitrogens with one attached hydrogen (secondary N) is 1. The summed E-state index contributed by atoms with van der Waals surface area (Å²) >= 11 is 0. The average molecular weight is 187 g/mol. The van der Waals surface area contributed by atoms with Gasteiger partial charge in [-0.05, 0) is 19.3 Å². The summed E-state index contributed by atoms with van der Waals surface area (Å²) in [6.07, 6.45) is 3.77. The van der Waals surface area contributed by atoms with Gasteiger partial charge in [-0.3, -0.25) is 0 Å². The number of ether oxygens (including phenoxy) is 2. The Labute approximate surface area is 80.8 Å². The predicted molar refractivity (Wildman–Crippen MR) is 52.7 cm³/mol. The molecule has 1 N–H and O–H groups in total. The zero-order valence-electron chi connectivity index (χ0n) is 8.71. The van der Waals surface area contributed by atoms with Crippen LogP contribution < -0.4 is 5.32 Å². The molecule has 3 nitrogen and oxygen atoms in total. The monoisotopic (exact) mass is 187 g/mol. The highest BCUT2D eigenvalue weighted by Gasteiger charge is 2.14. The molecule has 0 amide bonds. The standard InChI is InChI=1S/C10H21NO2/c1-3-9(4-2)11-7-10-5-6-12-8-13-10/h9-11H,3-8H2,1-2H3. The lowest BCUT2D eigenvalue weighted by Gasteiger charge is -2.25. The Morgan fingerprint density at radius 1 is 1.38 bits per heavy atom. The molecule has 0 aromatic rings. The third-order valence-corrected chi connectivity index (χ3v) is 2.59. The van der Waals surface area contributed by atoms with Crippen molar-refractivity contribution in [3.63, 3.8) is 0 Å². The van der Waals surface area contributed by atoms with Crippen LogP contribution in [0.15, 0.2) is 0 Å². The summed E-state index contributed by atoms with van der Waals surface area (Å²) in [6.45, 7) is 6.71. The highest BCUT2D eigenvalue weighted by molar-refractivity contribution is 4.68. The molecular formula is C10H21NO2.